The van der Waals surface area contributed by atoms with Crippen LogP contribution in [0.3, 0.4) is 0 Å². The van der Waals surface area contributed by atoms with Gasteiger partial charge in [0.2, 0.25) is 0 Å². The predicted octanol–water partition coefficient (Wildman–Crippen LogP) is 5.46. The first-order valence-electron chi connectivity index (χ1n) is 8.31. The van der Waals surface area contributed by atoms with E-state index in [1.165, 1.54) is 6.92 Å². The molecule has 0 aromatic heterocycles. The zero-order valence-corrected chi connectivity index (χ0v) is 14.2. The molecule has 0 atom stereocenters. The number of carbonyl (C=O) groups excluding carboxylic acids is 1. The molecule has 0 radical (unpaired) electrons. The fourth-order valence-electron chi connectivity index (χ4n) is 3.38. The number of nitriles is 1. The van der Waals surface area contributed by atoms with Gasteiger partial charge in [0.1, 0.15) is 5.75 Å². The molecule has 0 spiro atoms. The summed E-state index contributed by atoms with van der Waals surface area (Å²) in [6.07, 6.45) is 0. The molecule has 3 nitrogen and oxygen atoms in total. The molecule has 4 aromatic rings. The Morgan fingerprint density at radius 1 is 0.808 bits per heavy atom. The summed E-state index contributed by atoms with van der Waals surface area (Å²) >= 11 is 0. The number of carbonyl (C=O) groups is 1. The van der Waals surface area contributed by atoms with Crippen molar-refractivity contribution in [3.05, 3.63) is 78.4 Å². The fraction of sp³-hybridized carbons (Fsp3) is 0.0435. The van der Waals surface area contributed by atoms with Gasteiger partial charge in [0.05, 0.1) is 11.6 Å². The average Bonchev–Trinajstić information content (AvgIpc) is 2.67. The summed E-state index contributed by atoms with van der Waals surface area (Å²) in [5, 5.41) is 13.7. The molecule has 0 unspecified atom stereocenters. The van der Waals surface area contributed by atoms with Gasteiger partial charge in [-0.1, -0.05) is 60.7 Å². The Hall–Kier alpha value is -3.64. The number of esters is 1. The molecule has 3 heteroatoms. The minimum Gasteiger partial charge on any atom is -0.426 e. The molecule has 4 aromatic carbocycles. The first kappa shape index (κ1) is 15.9. The molecule has 0 saturated heterocycles. The van der Waals surface area contributed by atoms with Crippen molar-refractivity contribution >= 4 is 27.5 Å². The fourth-order valence-corrected chi connectivity index (χ4v) is 3.38. The summed E-state index contributed by atoms with van der Waals surface area (Å²) < 4.78 is 5.51. The van der Waals surface area contributed by atoms with E-state index in [0.717, 1.165) is 32.7 Å². The van der Waals surface area contributed by atoms with Gasteiger partial charge in [0.15, 0.2) is 0 Å². The highest BCUT2D eigenvalue weighted by molar-refractivity contribution is 6.09. The van der Waals surface area contributed by atoms with Gasteiger partial charge in [-0.2, -0.15) is 5.26 Å². The summed E-state index contributed by atoms with van der Waals surface area (Å²) in [6.45, 7) is 1.38. The number of nitrogens with zero attached hydrogens (tertiary/aromatic N) is 1. The Morgan fingerprint density at radius 3 is 2.00 bits per heavy atom. The van der Waals surface area contributed by atoms with Crippen LogP contribution in [-0.2, 0) is 4.79 Å². The zero-order chi connectivity index (χ0) is 18.1. The van der Waals surface area contributed by atoms with Crippen molar-refractivity contribution in [2.45, 2.75) is 6.92 Å². The molecule has 0 saturated carbocycles. The number of benzene rings is 4. The zero-order valence-electron chi connectivity index (χ0n) is 14.2. The molecule has 0 aliphatic heterocycles. The first-order chi connectivity index (χ1) is 12.7. The van der Waals surface area contributed by atoms with Gasteiger partial charge in [0, 0.05) is 18.1 Å². The van der Waals surface area contributed by atoms with E-state index in [1.54, 1.807) is 6.07 Å². The lowest BCUT2D eigenvalue weighted by atomic mass is 9.90. The van der Waals surface area contributed by atoms with Crippen LogP contribution in [0, 0.1) is 11.3 Å². The Bertz CT molecular complexity index is 1200. The van der Waals surface area contributed by atoms with Gasteiger partial charge >= 0.3 is 5.97 Å². The van der Waals surface area contributed by atoms with Crippen LogP contribution in [-0.4, -0.2) is 5.97 Å². The maximum absolute atomic E-state index is 11.7. The molecule has 0 amide bonds. The predicted molar refractivity (Wildman–Crippen MR) is 103 cm³/mol. The van der Waals surface area contributed by atoms with Crippen molar-refractivity contribution in [1.29, 1.82) is 5.26 Å². The molecule has 0 fully saturated rings. The SMILES string of the molecule is CC(=O)Oc1ccc2ccccc2c1-c1c(C#N)ccc2ccccc12. The number of ether oxygens (including phenoxy) is 1. The van der Waals surface area contributed by atoms with E-state index in [2.05, 4.69) is 6.07 Å². The third kappa shape index (κ3) is 2.58. The molecular weight excluding hydrogens is 322 g/mol. The van der Waals surface area contributed by atoms with Gasteiger partial charge in [-0.05, 0) is 33.7 Å². The Labute approximate surface area is 151 Å². The highest BCUT2D eigenvalue weighted by Crippen LogP contribution is 2.42. The summed E-state index contributed by atoms with van der Waals surface area (Å²) in [6, 6.07) is 25.6. The van der Waals surface area contributed by atoms with E-state index in [9.17, 15) is 10.1 Å². The Balaban J connectivity index is 2.20. The van der Waals surface area contributed by atoms with E-state index >= 15 is 0 Å². The summed E-state index contributed by atoms with van der Waals surface area (Å²) in [4.78, 5) is 11.7. The third-order valence-electron chi connectivity index (χ3n) is 4.44. The van der Waals surface area contributed by atoms with Gasteiger partial charge in [-0.3, -0.25) is 4.79 Å². The molecule has 4 rings (SSSR count). The lowest BCUT2D eigenvalue weighted by molar-refractivity contribution is -0.131. The van der Waals surface area contributed by atoms with Crippen molar-refractivity contribution in [1.82, 2.24) is 0 Å². The van der Waals surface area contributed by atoms with Crippen molar-refractivity contribution in [2.24, 2.45) is 0 Å². The van der Waals surface area contributed by atoms with Crippen LogP contribution in [0.5, 0.6) is 5.75 Å². The number of fused-ring (bicyclic) bond motifs is 2. The second kappa shape index (κ2) is 6.34. The highest BCUT2D eigenvalue weighted by Gasteiger charge is 2.18. The Kier molecular flexibility index (Phi) is 3.87. The minimum atomic E-state index is -0.389. The van der Waals surface area contributed by atoms with Gasteiger partial charge in [0.25, 0.3) is 0 Å². The van der Waals surface area contributed by atoms with Crippen molar-refractivity contribution in [2.75, 3.05) is 0 Å². The second-order valence-corrected chi connectivity index (χ2v) is 6.07. The van der Waals surface area contributed by atoms with Gasteiger partial charge in [-0.25, -0.2) is 0 Å². The largest absolute Gasteiger partial charge is 0.426 e. The van der Waals surface area contributed by atoms with Gasteiger partial charge < -0.3 is 4.74 Å². The van der Waals surface area contributed by atoms with Gasteiger partial charge in [-0.15, -0.1) is 0 Å². The molecule has 0 aliphatic carbocycles. The molecule has 0 aliphatic rings. The maximum Gasteiger partial charge on any atom is 0.308 e. The average molecular weight is 337 g/mol. The number of hydrogen-bond acceptors (Lipinski definition) is 3. The lowest BCUT2D eigenvalue weighted by Crippen LogP contribution is -2.03. The smallest absolute Gasteiger partial charge is 0.308 e. The van der Waals surface area contributed by atoms with E-state index in [0.29, 0.717) is 11.3 Å². The third-order valence-corrected chi connectivity index (χ3v) is 4.44. The lowest BCUT2D eigenvalue weighted by Gasteiger charge is -2.16. The number of hydrogen-bond donors (Lipinski definition) is 0. The quantitative estimate of drug-likeness (QED) is 0.361. The Morgan fingerprint density at radius 2 is 1.38 bits per heavy atom. The first-order valence-corrected chi connectivity index (χ1v) is 8.31. The number of rotatable bonds is 2. The highest BCUT2D eigenvalue weighted by atomic mass is 16.5. The molecule has 26 heavy (non-hydrogen) atoms. The standard InChI is InChI=1S/C23H15NO2/c1-15(25)26-21-13-12-17-7-3-5-9-20(17)23(21)22-18(14-24)11-10-16-6-2-4-8-19(16)22/h2-13H,1H3. The molecule has 0 heterocycles. The van der Waals surface area contributed by atoms with Crippen LogP contribution in [0.1, 0.15) is 12.5 Å². The molecule has 124 valence electrons. The van der Waals surface area contributed by atoms with Crippen LogP contribution in [0.15, 0.2) is 72.8 Å². The normalized spacial score (nSPS) is 10.6. The van der Waals surface area contributed by atoms with Crippen LogP contribution in [0.25, 0.3) is 32.7 Å². The van der Waals surface area contributed by atoms with Crippen LogP contribution < -0.4 is 4.74 Å². The van der Waals surface area contributed by atoms with E-state index in [-0.39, 0.29) is 5.97 Å². The van der Waals surface area contributed by atoms with E-state index < -0.39 is 0 Å². The molecule has 0 N–H and O–H groups in total. The van der Waals surface area contributed by atoms with Crippen LogP contribution >= 0.6 is 0 Å². The van der Waals surface area contributed by atoms with Crippen LogP contribution in [0.4, 0.5) is 0 Å². The van der Waals surface area contributed by atoms with Crippen molar-refractivity contribution < 1.29 is 9.53 Å². The summed E-state index contributed by atoms with van der Waals surface area (Å²) in [7, 11) is 0. The van der Waals surface area contributed by atoms with Crippen molar-refractivity contribution in [3.8, 4) is 22.9 Å². The molecule has 0 bridgehead atoms. The summed E-state index contributed by atoms with van der Waals surface area (Å²) in [5.41, 5.74) is 2.11. The van der Waals surface area contributed by atoms with Crippen LogP contribution in [0.2, 0.25) is 0 Å². The van der Waals surface area contributed by atoms with E-state index in [4.69, 9.17) is 4.74 Å². The van der Waals surface area contributed by atoms with E-state index in [1.807, 2.05) is 66.7 Å². The molecular formula is C23H15NO2. The topological polar surface area (TPSA) is 50.1 Å². The summed E-state index contributed by atoms with van der Waals surface area (Å²) in [5.74, 6) is 0.0735. The monoisotopic (exact) mass is 337 g/mol. The maximum atomic E-state index is 11.7. The minimum absolute atomic E-state index is 0.389. The second-order valence-electron chi connectivity index (χ2n) is 6.07. The van der Waals surface area contributed by atoms with Crippen molar-refractivity contribution in [3.63, 3.8) is 0 Å².